The number of fused-ring (bicyclic) bond motifs is 3. The second-order valence-electron chi connectivity index (χ2n) is 3.90. The van der Waals surface area contributed by atoms with Gasteiger partial charge in [0.15, 0.2) is 0 Å². The lowest BCUT2D eigenvalue weighted by Gasteiger charge is -2.03. The quantitative estimate of drug-likeness (QED) is 0.404. The molecule has 0 saturated carbocycles. The summed E-state index contributed by atoms with van der Waals surface area (Å²) >= 11 is 9.49. The lowest BCUT2D eigenvalue weighted by molar-refractivity contribution is 1.25. The predicted octanol–water partition coefficient (Wildman–Crippen LogP) is 5.39. The Kier molecular flexibility index (Phi) is 2.88. The first-order valence-corrected chi connectivity index (χ1v) is 7.58. The monoisotopic (exact) mass is 448 g/mol. The Morgan fingerprint density at radius 2 is 1.69 bits per heavy atom. The zero-order valence-electron chi connectivity index (χ0n) is 8.23. The first-order chi connectivity index (χ1) is 7.65. The first-order valence-electron chi connectivity index (χ1n) is 4.92. The van der Waals surface area contributed by atoms with Crippen LogP contribution in [0.3, 0.4) is 0 Å². The van der Waals surface area contributed by atoms with Gasteiger partial charge in [0.1, 0.15) is 0 Å². The summed E-state index contributed by atoms with van der Waals surface area (Å²) in [6.45, 7) is 0. The molecule has 0 spiro atoms. The molecule has 0 radical (unpaired) electrons. The molecule has 1 aliphatic rings. The summed E-state index contributed by atoms with van der Waals surface area (Å²) in [5.74, 6) is 0. The molecule has 0 aliphatic heterocycles. The molecular formula is C13H7Br2I. The van der Waals surface area contributed by atoms with Crippen molar-refractivity contribution in [2.45, 2.75) is 6.42 Å². The standard InChI is InChI=1S/C13H7Br2I/c14-9-1-2-10-7(4-9)3-8-5-12(15)13(16)6-11(8)10/h1-2,4-6H,3H2. The van der Waals surface area contributed by atoms with Gasteiger partial charge in [0.2, 0.25) is 0 Å². The minimum atomic E-state index is 1.04. The van der Waals surface area contributed by atoms with Crippen LogP contribution in [0.2, 0.25) is 0 Å². The lowest BCUT2D eigenvalue weighted by atomic mass is 10.1. The maximum absolute atomic E-state index is 3.59. The smallest absolute Gasteiger partial charge is 0.0312 e. The van der Waals surface area contributed by atoms with Gasteiger partial charge >= 0.3 is 0 Å². The van der Waals surface area contributed by atoms with E-state index in [9.17, 15) is 0 Å². The largest absolute Gasteiger partial charge is 0.0530 e. The van der Waals surface area contributed by atoms with Gasteiger partial charge in [0, 0.05) is 12.5 Å². The molecule has 1 aliphatic carbocycles. The maximum Gasteiger partial charge on any atom is 0.0312 e. The van der Waals surface area contributed by atoms with Crippen molar-refractivity contribution in [2.24, 2.45) is 0 Å². The van der Waals surface area contributed by atoms with Gasteiger partial charge < -0.3 is 0 Å². The summed E-state index contributed by atoms with van der Waals surface area (Å²) in [4.78, 5) is 0. The number of hydrogen-bond donors (Lipinski definition) is 0. The molecule has 0 aromatic heterocycles. The highest BCUT2D eigenvalue weighted by Crippen LogP contribution is 2.40. The van der Waals surface area contributed by atoms with Crippen LogP contribution in [-0.2, 0) is 6.42 Å². The molecule has 0 saturated heterocycles. The molecule has 0 atom stereocenters. The van der Waals surface area contributed by atoms with Crippen LogP contribution in [-0.4, -0.2) is 0 Å². The topological polar surface area (TPSA) is 0 Å². The van der Waals surface area contributed by atoms with Crippen molar-refractivity contribution < 1.29 is 0 Å². The van der Waals surface area contributed by atoms with Crippen LogP contribution in [0.1, 0.15) is 11.1 Å². The van der Waals surface area contributed by atoms with E-state index in [0.717, 1.165) is 10.9 Å². The SMILES string of the molecule is Brc1ccc2c(c1)Cc1cc(Br)c(I)cc1-2. The fourth-order valence-electron chi connectivity index (χ4n) is 2.16. The molecule has 2 aromatic rings. The number of hydrogen-bond acceptors (Lipinski definition) is 0. The van der Waals surface area contributed by atoms with Gasteiger partial charge in [-0.2, -0.15) is 0 Å². The van der Waals surface area contributed by atoms with Crippen LogP contribution in [0, 0.1) is 3.57 Å². The Hall–Kier alpha value is 0.130. The number of benzene rings is 2. The van der Waals surface area contributed by atoms with Crippen LogP contribution in [0.25, 0.3) is 11.1 Å². The van der Waals surface area contributed by atoms with Crippen LogP contribution >= 0.6 is 54.5 Å². The second-order valence-corrected chi connectivity index (χ2v) is 6.83. The summed E-state index contributed by atoms with van der Waals surface area (Å²) in [6.07, 6.45) is 1.04. The fourth-order valence-corrected chi connectivity index (χ4v) is 3.43. The molecule has 3 rings (SSSR count). The third-order valence-electron chi connectivity index (χ3n) is 2.88. The highest BCUT2D eigenvalue weighted by molar-refractivity contribution is 14.1. The Morgan fingerprint density at radius 1 is 0.938 bits per heavy atom. The molecule has 16 heavy (non-hydrogen) atoms. The summed E-state index contributed by atoms with van der Waals surface area (Å²) in [5, 5.41) is 0. The van der Waals surface area contributed by atoms with Crippen molar-refractivity contribution >= 4 is 54.5 Å². The van der Waals surface area contributed by atoms with E-state index in [1.54, 1.807) is 0 Å². The molecular weight excluding hydrogens is 443 g/mol. The van der Waals surface area contributed by atoms with Crippen molar-refractivity contribution in [3.05, 3.63) is 54.0 Å². The highest BCUT2D eigenvalue weighted by atomic mass is 127. The minimum Gasteiger partial charge on any atom is -0.0530 e. The normalized spacial score (nSPS) is 12.4. The van der Waals surface area contributed by atoms with Crippen molar-refractivity contribution in [1.82, 2.24) is 0 Å². The van der Waals surface area contributed by atoms with Crippen molar-refractivity contribution in [3.63, 3.8) is 0 Å². The lowest BCUT2D eigenvalue weighted by Crippen LogP contribution is -1.83. The third kappa shape index (κ3) is 1.77. The van der Waals surface area contributed by atoms with E-state index in [1.807, 2.05) is 0 Å². The summed E-state index contributed by atoms with van der Waals surface area (Å²) in [6, 6.07) is 11.0. The minimum absolute atomic E-state index is 1.04. The molecule has 0 N–H and O–H groups in total. The molecule has 0 amide bonds. The van der Waals surface area contributed by atoms with E-state index in [-0.39, 0.29) is 0 Å². The van der Waals surface area contributed by atoms with Crippen LogP contribution in [0.5, 0.6) is 0 Å². The zero-order valence-corrected chi connectivity index (χ0v) is 13.6. The van der Waals surface area contributed by atoms with Crippen LogP contribution in [0.4, 0.5) is 0 Å². The van der Waals surface area contributed by atoms with Gasteiger partial charge in [0.25, 0.3) is 0 Å². The molecule has 80 valence electrons. The van der Waals surface area contributed by atoms with Gasteiger partial charge in [-0.25, -0.2) is 0 Å². The number of halogens is 3. The van der Waals surface area contributed by atoms with E-state index in [4.69, 9.17) is 0 Å². The summed E-state index contributed by atoms with van der Waals surface area (Å²) in [7, 11) is 0. The van der Waals surface area contributed by atoms with Gasteiger partial charge in [-0.05, 0) is 91.5 Å². The van der Waals surface area contributed by atoms with E-state index >= 15 is 0 Å². The summed E-state index contributed by atoms with van der Waals surface area (Å²) in [5.41, 5.74) is 5.59. The molecule has 0 unspecified atom stereocenters. The van der Waals surface area contributed by atoms with Gasteiger partial charge in [-0.3, -0.25) is 0 Å². The molecule has 2 aromatic carbocycles. The predicted molar refractivity (Wildman–Crippen MR) is 82.8 cm³/mol. The van der Waals surface area contributed by atoms with Crippen LogP contribution in [0.15, 0.2) is 39.3 Å². The van der Waals surface area contributed by atoms with E-state index in [2.05, 4.69) is 84.8 Å². The Balaban J connectivity index is 2.25. The van der Waals surface area contributed by atoms with Crippen molar-refractivity contribution in [1.29, 1.82) is 0 Å². The Labute approximate surface area is 125 Å². The van der Waals surface area contributed by atoms with Gasteiger partial charge in [0.05, 0.1) is 0 Å². The second kappa shape index (κ2) is 4.10. The average molecular weight is 450 g/mol. The number of rotatable bonds is 0. The molecule has 0 heterocycles. The van der Waals surface area contributed by atoms with E-state index < -0.39 is 0 Å². The average Bonchev–Trinajstić information content (AvgIpc) is 2.55. The Bertz CT molecular complexity index is 591. The first kappa shape index (κ1) is 11.2. The molecule has 0 fully saturated rings. The third-order valence-corrected chi connectivity index (χ3v) is 5.67. The van der Waals surface area contributed by atoms with Crippen molar-refractivity contribution in [3.8, 4) is 11.1 Å². The van der Waals surface area contributed by atoms with Gasteiger partial charge in [-0.15, -0.1) is 0 Å². The zero-order chi connectivity index (χ0) is 11.3. The van der Waals surface area contributed by atoms with Crippen molar-refractivity contribution in [2.75, 3.05) is 0 Å². The van der Waals surface area contributed by atoms with Crippen LogP contribution < -0.4 is 0 Å². The molecule has 3 heteroatoms. The fraction of sp³-hybridized carbons (Fsp3) is 0.0769. The van der Waals surface area contributed by atoms with E-state index in [1.165, 1.54) is 30.3 Å². The highest BCUT2D eigenvalue weighted by Gasteiger charge is 2.19. The van der Waals surface area contributed by atoms with Gasteiger partial charge in [-0.1, -0.05) is 22.0 Å². The summed E-state index contributed by atoms with van der Waals surface area (Å²) < 4.78 is 3.62. The van der Waals surface area contributed by atoms with E-state index in [0.29, 0.717) is 0 Å². The maximum atomic E-state index is 3.59. The molecule has 0 bridgehead atoms. The molecule has 0 nitrogen and oxygen atoms in total. The Morgan fingerprint density at radius 3 is 2.50 bits per heavy atom.